The van der Waals surface area contributed by atoms with E-state index in [0.29, 0.717) is 18.6 Å². The van der Waals surface area contributed by atoms with Crippen molar-refractivity contribution >= 4 is 17.7 Å². The van der Waals surface area contributed by atoms with Crippen LogP contribution in [-0.4, -0.2) is 34.4 Å². The Bertz CT molecular complexity index is 883. The first-order valence-corrected chi connectivity index (χ1v) is 10.6. The lowest BCUT2D eigenvalue weighted by atomic mass is 10.1. The summed E-state index contributed by atoms with van der Waals surface area (Å²) in [6.07, 6.45) is -1.94. The molecule has 5 nitrogen and oxygen atoms in total. The van der Waals surface area contributed by atoms with Crippen molar-refractivity contribution in [3.8, 4) is 6.07 Å². The summed E-state index contributed by atoms with van der Waals surface area (Å²) >= 11 is 1.31. The summed E-state index contributed by atoms with van der Waals surface area (Å²) in [5, 5.41) is 14.3. The minimum atomic E-state index is -4.59. The Morgan fingerprint density at radius 3 is 2.47 bits per heavy atom. The molecule has 0 aliphatic heterocycles. The summed E-state index contributed by atoms with van der Waals surface area (Å²) in [7, 11) is 0. The molecule has 1 aromatic heterocycles. The molecule has 1 heterocycles. The van der Waals surface area contributed by atoms with Crippen molar-refractivity contribution in [2.45, 2.75) is 42.4 Å². The van der Waals surface area contributed by atoms with Crippen LogP contribution in [0.25, 0.3) is 0 Å². The van der Waals surface area contributed by atoms with Gasteiger partial charge in [0.2, 0.25) is 5.91 Å². The second-order valence-electron chi connectivity index (χ2n) is 7.12. The highest BCUT2D eigenvalue weighted by atomic mass is 32.2. The Morgan fingerprint density at radius 1 is 1.20 bits per heavy atom. The van der Waals surface area contributed by atoms with Crippen molar-refractivity contribution in [2.24, 2.45) is 0 Å². The Morgan fingerprint density at radius 2 is 1.90 bits per heavy atom. The van der Waals surface area contributed by atoms with Crippen LogP contribution in [0.1, 0.15) is 30.1 Å². The van der Waals surface area contributed by atoms with Gasteiger partial charge in [-0.2, -0.15) is 30.2 Å². The third kappa shape index (κ3) is 5.97. The Hall–Kier alpha value is -2.57. The van der Waals surface area contributed by atoms with Crippen LogP contribution in [0.2, 0.25) is 0 Å². The monoisotopic (exact) mass is 434 g/mol. The quantitative estimate of drug-likeness (QED) is 0.629. The lowest BCUT2D eigenvalue weighted by molar-refractivity contribution is -0.160. The topological polar surface area (TPSA) is 77.8 Å². The second kappa shape index (κ2) is 9.49. The molecule has 0 radical (unpaired) electrons. The predicted molar refractivity (Wildman–Crippen MR) is 108 cm³/mol. The number of thioether (sulfide) groups is 1. The number of rotatable bonds is 9. The highest BCUT2D eigenvalue weighted by molar-refractivity contribution is 7.98. The molecule has 1 unspecified atom stereocenters. The van der Waals surface area contributed by atoms with Crippen LogP contribution in [0.15, 0.2) is 54.7 Å². The fourth-order valence-electron chi connectivity index (χ4n) is 2.90. The number of nitrogens with zero attached hydrogens (tertiary/aromatic N) is 2. The molecule has 1 fully saturated rings. The van der Waals surface area contributed by atoms with Crippen LogP contribution in [0, 0.1) is 11.3 Å². The maximum atomic E-state index is 13.8. The number of hydrogen-bond donors (Lipinski definition) is 2. The van der Waals surface area contributed by atoms with Crippen molar-refractivity contribution in [3.05, 3.63) is 66.0 Å². The summed E-state index contributed by atoms with van der Waals surface area (Å²) in [6, 6.07) is 11.7. The van der Waals surface area contributed by atoms with Gasteiger partial charge in [-0.3, -0.25) is 15.1 Å². The van der Waals surface area contributed by atoms with Crippen LogP contribution in [0.4, 0.5) is 13.2 Å². The van der Waals surface area contributed by atoms with Crippen molar-refractivity contribution in [2.75, 3.05) is 5.75 Å². The first kappa shape index (κ1) is 22.1. The zero-order chi connectivity index (χ0) is 21.6. The van der Waals surface area contributed by atoms with E-state index in [4.69, 9.17) is 0 Å². The number of benzene rings is 1. The number of pyridine rings is 1. The van der Waals surface area contributed by atoms with Crippen LogP contribution >= 0.6 is 11.8 Å². The number of carbonyl (C=O) groups is 1. The molecular weight excluding hydrogens is 413 g/mol. The van der Waals surface area contributed by atoms with Gasteiger partial charge in [0, 0.05) is 17.7 Å². The van der Waals surface area contributed by atoms with Crippen LogP contribution < -0.4 is 10.6 Å². The van der Waals surface area contributed by atoms with Crippen LogP contribution in [0.5, 0.6) is 0 Å². The smallest absolute Gasteiger partial charge is 0.336 e. The van der Waals surface area contributed by atoms with Crippen molar-refractivity contribution in [3.63, 3.8) is 0 Å². The molecule has 1 aliphatic carbocycles. The molecule has 2 N–H and O–H groups in total. The SMILES string of the molecule is N#CC1(NC(=O)C(CSCc2ccccn2)N[C@H](c2ccccc2)C(F)(F)F)CC1. The van der Waals surface area contributed by atoms with Gasteiger partial charge >= 0.3 is 6.18 Å². The van der Waals surface area contributed by atoms with Gasteiger partial charge in [-0.1, -0.05) is 36.4 Å². The van der Waals surface area contributed by atoms with E-state index in [9.17, 15) is 23.2 Å². The van der Waals surface area contributed by atoms with Crippen molar-refractivity contribution < 1.29 is 18.0 Å². The number of halogens is 3. The van der Waals surface area contributed by atoms with Gasteiger partial charge in [-0.15, -0.1) is 0 Å². The summed E-state index contributed by atoms with van der Waals surface area (Å²) in [4.78, 5) is 17.0. The Kier molecular flexibility index (Phi) is 7.00. The maximum Gasteiger partial charge on any atom is 0.407 e. The molecule has 1 saturated carbocycles. The summed E-state index contributed by atoms with van der Waals surface area (Å²) in [6.45, 7) is 0. The standard InChI is InChI=1S/C21H21F3N4OS/c22-21(23,24)18(15-6-2-1-3-7-15)27-17(19(29)28-20(14-25)9-10-20)13-30-12-16-8-4-5-11-26-16/h1-8,11,17-18,27H,9-10,12-13H2,(H,28,29)/t17?,18-/m1/s1. The summed E-state index contributed by atoms with van der Waals surface area (Å²) < 4.78 is 41.3. The van der Waals surface area contributed by atoms with Gasteiger partial charge in [0.05, 0.1) is 17.8 Å². The van der Waals surface area contributed by atoms with Gasteiger partial charge in [0.15, 0.2) is 0 Å². The van der Waals surface area contributed by atoms with E-state index in [-0.39, 0.29) is 11.3 Å². The van der Waals surface area contributed by atoms with Crippen LogP contribution in [0.3, 0.4) is 0 Å². The maximum absolute atomic E-state index is 13.8. The summed E-state index contributed by atoms with van der Waals surface area (Å²) in [5.41, 5.74) is -0.157. The highest BCUT2D eigenvalue weighted by Gasteiger charge is 2.47. The fraction of sp³-hybridized carbons (Fsp3) is 0.381. The molecule has 1 aromatic carbocycles. The van der Waals surface area contributed by atoms with Gasteiger partial charge < -0.3 is 5.32 Å². The van der Waals surface area contributed by atoms with E-state index in [1.165, 1.54) is 36.0 Å². The van der Waals surface area contributed by atoms with Gasteiger partial charge in [-0.25, -0.2) is 0 Å². The van der Waals surface area contributed by atoms with Gasteiger partial charge in [0.25, 0.3) is 0 Å². The highest BCUT2D eigenvalue weighted by Crippen LogP contribution is 2.35. The molecule has 9 heteroatoms. The van der Waals surface area contributed by atoms with Crippen LogP contribution in [-0.2, 0) is 10.5 Å². The fourth-order valence-corrected chi connectivity index (χ4v) is 3.88. The molecule has 0 spiro atoms. The molecule has 1 aliphatic rings. The number of nitriles is 1. The molecule has 30 heavy (non-hydrogen) atoms. The minimum absolute atomic E-state index is 0.0268. The van der Waals surface area contributed by atoms with Gasteiger partial charge in [-0.05, 0) is 30.5 Å². The third-order valence-electron chi connectivity index (χ3n) is 4.73. The Balaban J connectivity index is 1.74. The summed E-state index contributed by atoms with van der Waals surface area (Å²) in [5.74, 6) is -0.0473. The third-order valence-corrected chi connectivity index (χ3v) is 5.80. The molecule has 3 rings (SSSR count). The van der Waals surface area contributed by atoms with E-state index < -0.39 is 29.7 Å². The van der Waals surface area contributed by atoms with E-state index in [1.54, 1.807) is 18.3 Å². The molecule has 0 saturated heterocycles. The van der Waals surface area contributed by atoms with E-state index in [1.807, 2.05) is 18.2 Å². The zero-order valence-electron chi connectivity index (χ0n) is 16.0. The number of alkyl halides is 3. The molecular formula is C21H21F3N4OS. The first-order valence-electron chi connectivity index (χ1n) is 9.42. The molecule has 0 bridgehead atoms. The largest absolute Gasteiger partial charge is 0.407 e. The first-order chi connectivity index (χ1) is 14.3. The number of aromatic nitrogens is 1. The molecule has 158 valence electrons. The van der Waals surface area contributed by atoms with Crippen molar-refractivity contribution in [1.82, 2.24) is 15.6 Å². The van der Waals surface area contributed by atoms with Gasteiger partial charge in [0.1, 0.15) is 11.6 Å². The molecule has 2 aromatic rings. The number of nitrogens with one attached hydrogen (secondary N) is 2. The van der Waals surface area contributed by atoms with E-state index >= 15 is 0 Å². The number of carbonyl (C=O) groups excluding carboxylic acids is 1. The predicted octanol–water partition coefficient (Wildman–Crippen LogP) is 3.75. The zero-order valence-corrected chi connectivity index (χ0v) is 16.8. The van der Waals surface area contributed by atoms with E-state index in [0.717, 1.165) is 5.69 Å². The number of amides is 1. The van der Waals surface area contributed by atoms with E-state index in [2.05, 4.69) is 15.6 Å². The Labute approximate surface area is 177 Å². The second-order valence-corrected chi connectivity index (χ2v) is 8.15. The normalized spacial score (nSPS) is 16.9. The lowest BCUT2D eigenvalue weighted by Crippen LogP contribution is -2.52. The molecule has 1 amide bonds. The number of hydrogen-bond acceptors (Lipinski definition) is 5. The lowest BCUT2D eigenvalue weighted by Gasteiger charge is -2.28. The average molecular weight is 434 g/mol. The molecule has 2 atom stereocenters. The average Bonchev–Trinajstić information content (AvgIpc) is 3.51. The minimum Gasteiger partial charge on any atom is -0.336 e. The van der Waals surface area contributed by atoms with Crippen molar-refractivity contribution in [1.29, 1.82) is 5.26 Å².